The molecule has 7 aliphatic rings. The molecule has 3 heterocycles. The Hall–Kier alpha value is -2.19. The Morgan fingerprint density at radius 1 is 0.773 bits per heavy atom. The molecule has 5 unspecified atom stereocenters. The molecule has 0 amide bonds. The van der Waals surface area contributed by atoms with Gasteiger partial charge in [0.25, 0.3) is 5.60 Å². The highest BCUT2D eigenvalue weighted by Crippen LogP contribution is 2.75. The molecule has 3 aliphatic heterocycles. The summed E-state index contributed by atoms with van der Waals surface area (Å²) in [7, 11) is 0. The van der Waals surface area contributed by atoms with Crippen LogP contribution in [0, 0.1) is 11.8 Å². The molecule has 5 atom stereocenters. The third-order valence-corrected chi connectivity index (χ3v) is 6.08. The van der Waals surface area contributed by atoms with Crippen molar-refractivity contribution in [3.05, 3.63) is 0 Å². The van der Waals surface area contributed by atoms with Crippen molar-refractivity contribution in [2.24, 2.45) is 11.8 Å². The molecule has 0 aromatic carbocycles. The minimum Gasteiger partial charge on any atom is -0.419 e. The van der Waals surface area contributed by atoms with Crippen molar-refractivity contribution in [2.45, 2.75) is 48.5 Å². The van der Waals surface area contributed by atoms with E-state index in [1.807, 2.05) is 0 Å². The Morgan fingerprint density at radius 2 is 1.45 bits per heavy atom. The first-order chi connectivity index (χ1) is 10.4. The topological polar surface area (TPSA) is 107 Å². The van der Waals surface area contributed by atoms with Gasteiger partial charge in [-0.2, -0.15) is 0 Å². The van der Waals surface area contributed by atoms with Crippen LogP contribution in [0.5, 0.6) is 0 Å². The van der Waals surface area contributed by atoms with E-state index in [2.05, 4.69) is 0 Å². The van der Waals surface area contributed by atoms with E-state index in [0.717, 1.165) is 6.42 Å². The third kappa shape index (κ3) is 0.790. The van der Waals surface area contributed by atoms with Crippen molar-refractivity contribution in [3.8, 4) is 0 Å². The summed E-state index contributed by atoms with van der Waals surface area (Å²) in [4.78, 5) is 35.1. The van der Waals surface area contributed by atoms with E-state index in [-0.39, 0.29) is 11.8 Å². The van der Waals surface area contributed by atoms with Gasteiger partial charge in [-0.15, -0.1) is 0 Å². The van der Waals surface area contributed by atoms with E-state index in [1.165, 1.54) is 0 Å². The lowest BCUT2D eigenvalue weighted by Crippen LogP contribution is -2.88. The van der Waals surface area contributed by atoms with Gasteiger partial charge in [0.05, 0.1) is 0 Å². The second-order valence-corrected chi connectivity index (χ2v) is 6.88. The highest BCUT2D eigenvalue weighted by atomic mass is 17.0. The van der Waals surface area contributed by atoms with Crippen molar-refractivity contribution in [1.82, 2.24) is 0 Å². The van der Waals surface area contributed by atoms with Crippen LogP contribution < -0.4 is 0 Å². The molecule has 22 heavy (non-hydrogen) atoms. The lowest BCUT2D eigenvalue weighted by molar-refractivity contribution is -0.461. The van der Waals surface area contributed by atoms with Crippen LogP contribution in [0.2, 0.25) is 0 Å². The molecule has 4 saturated carbocycles. The molecule has 0 aromatic heterocycles. The van der Waals surface area contributed by atoms with Crippen molar-refractivity contribution in [3.63, 3.8) is 0 Å². The summed E-state index contributed by atoms with van der Waals surface area (Å²) in [5.74, 6) is -3.30. The Bertz CT molecular complexity index is 675. The summed E-state index contributed by atoms with van der Waals surface area (Å²) in [5, 5.41) is 0. The van der Waals surface area contributed by atoms with E-state index in [4.69, 9.17) is 28.4 Å². The van der Waals surface area contributed by atoms with Crippen LogP contribution in [0.15, 0.2) is 0 Å². The third-order valence-electron chi connectivity index (χ3n) is 6.08. The molecule has 4 aliphatic carbocycles. The number of ether oxygens (including phenoxy) is 6. The molecular formula is C13H10O9. The van der Waals surface area contributed by atoms with Gasteiger partial charge in [0.1, 0.15) is 0 Å². The molecule has 3 saturated heterocycles. The lowest BCUT2D eigenvalue weighted by atomic mass is 9.46. The minimum atomic E-state index is -1.75. The molecule has 9 heteroatoms. The first kappa shape index (κ1) is 11.4. The molecule has 116 valence electrons. The van der Waals surface area contributed by atoms with Crippen LogP contribution in [0.25, 0.3) is 0 Å². The Labute approximate surface area is 122 Å². The fourth-order valence-electron chi connectivity index (χ4n) is 5.71. The van der Waals surface area contributed by atoms with Crippen LogP contribution >= 0.6 is 0 Å². The normalized spacial score (nSPS) is 54.3. The monoisotopic (exact) mass is 310 g/mol. The summed E-state index contributed by atoms with van der Waals surface area (Å²) in [6, 6.07) is 0. The van der Waals surface area contributed by atoms with Gasteiger partial charge >= 0.3 is 30.0 Å². The van der Waals surface area contributed by atoms with Gasteiger partial charge in [0, 0.05) is 18.8 Å². The number of carbonyl (C=O) groups excluding carboxylic acids is 3. The smallest absolute Gasteiger partial charge is 0.419 e. The van der Waals surface area contributed by atoms with Crippen molar-refractivity contribution in [2.75, 3.05) is 0 Å². The summed E-state index contributed by atoms with van der Waals surface area (Å²) < 4.78 is 32.2. The van der Waals surface area contributed by atoms with Crippen LogP contribution in [0.1, 0.15) is 25.7 Å². The van der Waals surface area contributed by atoms with Crippen LogP contribution in [-0.4, -0.2) is 41.2 Å². The largest absolute Gasteiger partial charge is 0.515 e. The quantitative estimate of drug-likeness (QED) is 0.481. The predicted molar refractivity (Wildman–Crippen MR) is 59.1 cm³/mol. The van der Waals surface area contributed by atoms with Gasteiger partial charge in [0.2, 0.25) is 0 Å². The Balaban J connectivity index is 1.65. The standard InChI is InChI=1S/C13H10O9/c14-7-17-10-2-5-1-6(4-10)12(19-9(16)20-12)11(3-5)13(10,21-7)22-8(15)18-11/h5-6H,1-4H2. The second-order valence-electron chi connectivity index (χ2n) is 6.88. The average molecular weight is 310 g/mol. The lowest BCUT2D eigenvalue weighted by Gasteiger charge is -2.67. The minimum absolute atomic E-state index is 0.143. The zero-order valence-corrected chi connectivity index (χ0v) is 11.2. The van der Waals surface area contributed by atoms with Crippen LogP contribution in [0.3, 0.4) is 0 Å². The van der Waals surface area contributed by atoms with Gasteiger partial charge in [-0.25, -0.2) is 14.4 Å². The van der Waals surface area contributed by atoms with E-state index < -0.39 is 41.2 Å². The van der Waals surface area contributed by atoms with E-state index in [9.17, 15) is 14.4 Å². The maximum absolute atomic E-state index is 11.9. The highest BCUT2D eigenvalue weighted by Gasteiger charge is 2.98. The zero-order chi connectivity index (χ0) is 15.0. The zero-order valence-electron chi connectivity index (χ0n) is 11.2. The molecule has 4 spiro atoms. The van der Waals surface area contributed by atoms with Crippen LogP contribution in [-0.2, 0) is 28.4 Å². The van der Waals surface area contributed by atoms with Gasteiger partial charge in [-0.05, 0) is 18.8 Å². The number of hydrogen-bond acceptors (Lipinski definition) is 9. The summed E-state index contributed by atoms with van der Waals surface area (Å²) in [5.41, 5.74) is -2.60. The van der Waals surface area contributed by atoms with E-state index >= 15 is 0 Å². The SMILES string of the molecule is O=C1OC2(O1)C1CC3CC4(C1)OC(=O)OC41OC(=O)OC21C3. The molecular weight excluding hydrogens is 300 g/mol. The summed E-state index contributed by atoms with van der Waals surface area (Å²) in [6.07, 6.45) is -0.788. The number of rotatable bonds is 0. The Kier molecular flexibility index (Phi) is 1.41. The van der Waals surface area contributed by atoms with Gasteiger partial charge in [-0.3, -0.25) is 0 Å². The molecule has 9 nitrogen and oxygen atoms in total. The first-order valence-electron chi connectivity index (χ1n) is 7.20. The second kappa shape index (κ2) is 2.72. The molecule has 4 bridgehead atoms. The highest BCUT2D eigenvalue weighted by molar-refractivity contribution is 5.74. The number of carbonyl (C=O) groups is 3. The fraction of sp³-hybridized carbons (Fsp3) is 0.769. The van der Waals surface area contributed by atoms with Crippen molar-refractivity contribution < 1.29 is 42.8 Å². The molecule has 0 N–H and O–H groups in total. The van der Waals surface area contributed by atoms with Gasteiger partial charge in [-0.1, -0.05) is 0 Å². The molecule has 0 radical (unpaired) electrons. The molecule has 0 aromatic rings. The Morgan fingerprint density at radius 3 is 2.18 bits per heavy atom. The van der Waals surface area contributed by atoms with Crippen LogP contribution in [0.4, 0.5) is 14.4 Å². The van der Waals surface area contributed by atoms with E-state index in [0.29, 0.717) is 19.3 Å². The van der Waals surface area contributed by atoms with Crippen molar-refractivity contribution in [1.29, 1.82) is 0 Å². The van der Waals surface area contributed by atoms with Gasteiger partial charge < -0.3 is 28.4 Å². The van der Waals surface area contributed by atoms with Gasteiger partial charge in [0.15, 0.2) is 5.60 Å². The summed E-state index contributed by atoms with van der Waals surface area (Å²) >= 11 is 0. The fourth-order valence-corrected chi connectivity index (χ4v) is 5.71. The van der Waals surface area contributed by atoms with Crippen molar-refractivity contribution >= 4 is 18.5 Å². The number of hydrogen-bond donors (Lipinski definition) is 0. The predicted octanol–water partition coefficient (Wildman–Crippen LogP) is 1.19. The maximum atomic E-state index is 11.9. The van der Waals surface area contributed by atoms with E-state index in [1.54, 1.807) is 0 Å². The molecule has 7 rings (SSSR count). The summed E-state index contributed by atoms with van der Waals surface area (Å²) in [6.45, 7) is 0. The average Bonchev–Trinajstić information content (AvgIpc) is 2.80. The molecule has 7 fully saturated rings. The maximum Gasteiger partial charge on any atom is 0.515 e. The first-order valence-corrected chi connectivity index (χ1v) is 7.20.